The van der Waals surface area contributed by atoms with E-state index in [2.05, 4.69) is 10.3 Å². The first-order valence-electron chi connectivity index (χ1n) is 3.92. The molecule has 0 atom stereocenters. The topological polar surface area (TPSA) is 50.9 Å². The number of hydrogen-bond donors (Lipinski definition) is 1. The van der Waals surface area contributed by atoms with Gasteiger partial charge in [-0.3, -0.25) is 9.07 Å². The second-order valence-corrected chi connectivity index (χ2v) is 2.49. The maximum absolute atomic E-state index is 11.7. The van der Waals surface area contributed by atoms with Crippen molar-refractivity contribution in [3.63, 3.8) is 0 Å². The van der Waals surface area contributed by atoms with Crippen molar-refractivity contribution in [2.24, 2.45) is 0 Å². The normalized spacial score (nSPS) is 10.5. The lowest BCUT2D eigenvalue weighted by molar-refractivity contribution is 0.298. The molecule has 0 unspecified atom stereocenters. The molecule has 5 heteroatoms. The van der Waals surface area contributed by atoms with Crippen molar-refractivity contribution in [1.29, 1.82) is 0 Å². The molecule has 12 heavy (non-hydrogen) atoms. The number of aromatic nitrogens is 3. The second kappa shape index (κ2) is 4.82. The van der Waals surface area contributed by atoms with Gasteiger partial charge in [-0.1, -0.05) is 5.21 Å². The maximum atomic E-state index is 11.7. The minimum absolute atomic E-state index is 0.0712. The number of aliphatic hydroxyl groups is 1. The highest BCUT2D eigenvalue weighted by Gasteiger charge is 1.98. The highest BCUT2D eigenvalue weighted by molar-refractivity contribution is 4.91. The van der Waals surface area contributed by atoms with E-state index in [4.69, 9.17) is 5.11 Å². The highest BCUT2D eigenvalue weighted by atomic mass is 19.1. The molecule has 0 aromatic carbocycles. The van der Waals surface area contributed by atoms with E-state index in [1.807, 2.05) is 0 Å². The zero-order valence-electron chi connectivity index (χ0n) is 6.78. The van der Waals surface area contributed by atoms with Crippen molar-refractivity contribution in [3.8, 4) is 0 Å². The molecule has 1 aromatic rings. The molecule has 0 aliphatic heterocycles. The van der Waals surface area contributed by atoms with Gasteiger partial charge < -0.3 is 5.11 Å². The Hall–Kier alpha value is -0.970. The molecule has 4 nitrogen and oxygen atoms in total. The van der Waals surface area contributed by atoms with Gasteiger partial charge >= 0.3 is 0 Å². The van der Waals surface area contributed by atoms with Crippen LogP contribution in [0.1, 0.15) is 12.1 Å². The Labute approximate surface area is 70.0 Å². The Kier molecular flexibility index (Phi) is 3.66. The molecule has 68 valence electrons. The van der Waals surface area contributed by atoms with E-state index in [1.54, 1.807) is 10.9 Å². The number of aliphatic hydroxyl groups excluding tert-OH is 1. The molecule has 0 bridgehead atoms. The van der Waals surface area contributed by atoms with Gasteiger partial charge in [-0.25, -0.2) is 0 Å². The quantitative estimate of drug-likeness (QED) is 0.690. The van der Waals surface area contributed by atoms with Crippen LogP contribution in [0.2, 0.25) is 0 Å². The molecule has 1 aromatic heterocycles. The first-order valence-corrected chi connectivity index (χ1v) is 3.92. The third-order valence-electron chi connectivity index (χ3n) is 1.47. The average Bonchev–Trinajstić information content (AvgIpc) is 2.50. The lowest BCUT2D eigenvalue weighted by atomic mass is 10.3. The summed E-state index contributed by atoms with van der Waals surface area (Å²) in [6.07, 6.45) is 2.70. The number of rotatable bonds is 5. The summed E-state index contributed by atoms with van der Waals surface area (Å²) in [6, 6.07) is 0. The summed E-state index contributed by atoms with van der Waals surface area (Å²) >= 11 is 0. The molecule has 1 N–H and O–H groups in total. The molecular weight excluding hydrogens is 161 g/mol. The van der Waals surface area contributed by atoms with Gasteiger partial charge in [-0.15, -0.1) is 5.10 Å². The minimum Gasteiger partial charge on any atom is -0.396 e. The van der Waals surface area contributed by atoms with Crippen LogP contribution in [-0.2, 0) is 13.0 Å². The number of alkyl halides is 1. The van der Waals surface area contributed by atoms with Crippen LogP contribution in [0.3, 0.4) is 0 Å². The van der Waals surface area contributed by atoms with Crippen LogP contribution >= 0.6 is 0 Å². The van der Waals surface area contributed by atoms with Gasteiger partial charge in [0.1, 0.15) is 0 Å². The SMILES string of the molecule is OCCc1cn(CCCF)nn1. The molecule has 1 heterocycles. The smallest absolute Gasteiger partial charge is 0.0912 e. The Bertz CT molecular complexity index is 226. The first-order chi connectivity index (χ1) is 5.86. The van der Waals surface area contributed by atoms with E-state index in [-0.39, 0.29) is 13.3 Å². The van der Waals surface area contributed by atoms with E-state index in [0.717, 1.165) is 5.69 Å². The molecule has 0 radical (unpaired) electrons. The van der Waals surface area contributed by atoms with Gasteiger partial charge in [-0.2, -0.15) is 0 Å². The number of nitrogens with zero attached hydrogens (tertiary/aromatic N) is 3. The highest BCUT2D eigenvalue weighted by Crippen LogP contribution is 1.95. The van der Waals surface area contributed by atoms with Crippen molar-refractivity contribution >= 4 is 0 Å². The summed E-state index contributed by atoms with van der Waals surface area (Å²) in [6.45, 7) is 0.284. The number of aryl methyl sites for hydroxylation is 1. The van der Waals surface area contributed by atoms with Gasteiger partial charge in [0, 0.05) is 25.8 Å². The zero-order valence-corrected chi connectivity index (χ0v) is 6.78. The monoisotopic (exact) mass is 173 g/mol. The molecule has 0 saturated heterocycles. The largest absolute Gasteiger partial charge is 0.396 e. The first kappa shape index (κ1) is 9.12. The van der Waals surface area contributed by atoms with E-state index in [9.17, 15) is 4.39 Å². The van der Waals surface area contributed by atoms with Crippen molar-refractivity contribution < 1.29 is 9.50 Å². The summed E-state index contributed by atoms with van der Waals surface area (Å²) in [5.41, 5.74) is 0.747. The van der Waals surface area contributed by atoms with Crippen molar-refractivity contribution in [3.05, 3.63) is 11.9 Å². The van der Waals surface area contributed by atoms with E-state index in [1.165, 1.54) is 0 Å². The van der Waals surface area contributed by atoms with Crippen LogP contribution in [0, 0.1) is 0 Å². The summed E-state index contributed by atoms with van der Waals surface area (Å²) in [4.78, 5) is 0. The van der Waals surface area contributed by atoms with Gasteiger partial charge in [0.2, 0.25) is 0 Å². The van der Waals surface area contributed by atoms with Crippen LogP contribution in [0.4, 0.5) is 4.39 Å². The van der Waals surface area contributed by atoms with Crippen LogP contribution < -0.4 is 0 Å². The van der Waals surface area contributed by atoms with E-state index in [0.29, 0.717) is 19.4 Å². The summed E-state index contributed by atoms with van der Waals surface area (Å²) in [5, 5.41) is 16.1. The van der Waals surface area contributed by atoms with Crippen LogP contribution in [0.5, 0.6) is 0 Å². The fourth-order valence-corrected chi connectivity index (χ4v) is 0.899. The third-order valence-corrected chi connectivity index (χ3v) is 1.47. The molecule has 0 aliphatic rings. The lowest BCUT2D eigenvalue weighted by Crippen LogP contribution is -1.99. The second-order valence-electron chi connectivity index (χ2n) is 2.49. The molecule has 1 rings (SSSR count). The fraction of sp³-hybridized carbons (Fsp3) is 0.714. The molecule has 0 aliphatic carbocycles. The van der Waals surface area contributed by atoms with Crippen LogP contribution in [0.15, 0.2) is 6.20 Å². The maximum Gasteiger partial charge on any atom is 0.0912 e. The third kappa shape index (κ3) is 2.58. The van der Waals surface area contributed by atoms with E-state index < -0.39 is 0 Å². The van der Waals surface area contributed by atoms with E-state index >= 15 is 0 Å². The minimum atomic E-state index is -0.338. The van der Waals surface area contributed by atoms with Crippen LogP contribution in [-0.4, -0.2) is 33.4 Å². The molecule has 0 amide bonds. The lowest BCUT2D eigenvalue weighted by Gasteiger charge is -1.93. The Balaban J connectivity index is 2.41. The predicted octanol–water partition coefficient (Wildman–Crippen LogP) is 0.172. The summed E-state index contributed by atoms with van der Waals surface area (Å²) < 4.78 is 13.3. The Morgan fingerprint density at radius 3 is 3.08 bits per heavy atom. The van der Waals surface area contributed by atoms with Crippen molar-refractivity contribution in [1.82, 2.24) is 15.0 Å². The summed E-state index contributed by atoms with van der Waals surface area (Å²) in [7, 11) is 0. The van der Waals surface area contributed by atoms with Crippen LogP contribution in [0.25, 0.3) is 0 Å². The molecule has 0 saturated carbocycles. The number of halogens is 1. The Morgan fingerprint density at radius 1 is 1.58 bits per heavy atom. The standard InChI is InChI=1S/C7H12FN3O/c8-3-1-4-11-6-7(2-5-12)9-10-11/h6,12H,1-5H2. The van der Waals surface area contributed by atoms with Gasteiger partial charge in [0.15, 0.2) is 0 Å². The molecule has 0 fully saturated rings. The average molecular weight is 173 g/mol. The van der Waals surface area contributed by atoms with Gasteiger partial charge in [0.05, 0.1) is 12.4 Å². The van der Waals surface area contributed by atoms with Crippen molar-refractivity contribution in [2.75, 3.05) is 13.3 Å². The van der Waals surface area contributed by atoms with Crippen molar-refractivity contribution in [2.45, 2.75) is 19.4 Å². The molecular formula is C7H12FN3O. The molecule has 0 spiro atoms. The van der Waals surface area contributed by atoms with Gasteiger partial charge in [-0.05, 0) is 6.42 Å². The van der Waals surface area contributed by atoms with Gasteiger partial charge in [0.25, 0.3) is 0 Å². The summed E-state index contributed by atoms with van der Waals surface area (Å²) in [5.74, 6) is 0. The Morgan fingerprint density at radius 2 is 2.42 bits per heavy atom. The predicted molar refractivity (Wildman–Crippen MR) is 41.4 cm³/mol. The zero-order chi connectivity index (χ0) is 8.81. The fourth-order valence-electron chi connectivity index (χ4n) is 0.899. The number of hydrogen-bond acceptors (Lipinski definition) is 3.